The average Bonchev–Trinajstić information content (AvgIpc) is 2.60. The molecule has 0 fully saturated rings. The first-order valence-corrected chi connectivity index (χ1v) is 8.13. The number of phenolic OH excluding ortho intramolecular Hbond substituents is 1. The summed E-state index contributed by atoms with van der Waals surface area (Å²) in [5.41, 5.74) is 1.19. The lowest BCUT2D eigenvalue weighted by atomic mass is 10.1. The predicted octanol–water partition coefficient (Wildman–Crippen LogP) is 3.74. The molecule has 132 valence electrons. The van der Waals surface area contributed by atoms with Crippen molar-refractivity contribution in [3.05, 3.63) is 56.0 Å². The van der Waals surface area contributed by atoms with Crippen molar-refractivity contribution in [3.8, 4) is 17.2 Å². The fourth-order valence-electron chi connectivity index (χ4n) is 2.19. The molecular formula is C17H17BrN2O5. The molecule has 0 heterocycles. The number of nitrogens with zero attached hydrogens (tertiary/aromatic N) is 2. The van der Waals surface area contributed by atoms with Crippen LogP contribution in [-0.4, -0.2) is 37.0 Å². The first-order chi connectivity index (χ1) is 12.0. The van der Waals surface area contributed by atoms with Crippen LogP contribution >= 0.6 is 15.9 Å². The van der Waals surface area contributed by atoms with E-state index in [2.05, 4.69) is 20.9 Å². The molecule has 7 nitrogen and oxygen atoms in total. The second-order valence-corrected chi connectivity index (χ2v) is 5.94. The molecule has 0 unspecified atom stereocenters. The maximum Gasteiger partial charge on any atom is 0.270 e. The Bertz CT molecular complexity index is 808. The molecule has 0 aliphatic carbocycles. The van der Waals surface area contributed by atoms with Crippen molar-refractivity contribution in [2.75, 3.05) is 20.8 Å². The highest BCUT2D eigenvalue weighted by molar-refractivity contribution is 9.10. The van der Waals surface area contributed by atoms with Gasteiger partial charge in [-0.3, -0.25) is 15.1 Å². The number of nitro groups is 1. The SMILES string of the molecule is COc1cc(Br)c(CCN=Cc2cc([N+](=O)[O-])ccc2O)cc1OC. The molecule has 0 aromatic heterocycles. The fourth-order valence-corrected chi connectivity index (χ4v) is 2.72. The highest BCUT2D eigenvalue weighted by Crippen LogP contribution is 2.33. The van der Waals surface area contributed by atoms with Crippen molar-refractivity contribution in [2.24, 2.45) is 4.99 Å². The van der Waals surface area contributed by atoms with Gasteiger partial charge in [0.05, 0.1) is 19.1 Å². The molecule has 0 aliphatic rings. The number of ether oxygens (including phenoxy) is 2. The van der Waals surface area contributed by atoms with Crippen LogP contribution in [0.3, 0.4) is 0 Å². The molecule has 0 aliphatic heterocycles. The lowest BCUT2D eigenvalue weighted by molar-refractivity contribution is -0.384. The third-order valence-corrected chi connectivity index (χ3v) is 4.25. The molecule has 1 N–H and O–H groups in total. The minimum absolute atomic E-state index is 0.0540. The van der Waals surface area contributed by atoms with E-state index < -0.39 is 4.92 Å². The summed E-state index contributed by atoms with van der Waals surface area (Å²) in [6.07, 6.45) is 2.05. The maximum atomic E-state index is 10.8. The van der Waals surface area contributed by atoms with Gasteiger partial charge < -0.3 is 14.6 Å². The molecule has 25 heavy (non-hydrogen) atoms. The Balaban J connectivity index is 2.09. The van der Waals surface area contributed by atoms with Crippen LogP contribution < -0.4 is 9.47 Å². The van der Waals surface area contributed by atoms with Crippen molar-refractivity contribution in [2.45, 2.75) is 6.42 Å². The van der Waals surface area contributed by atoms with Crippen LogP contribution in [0, 0.1) is 10.1 Å². The van der Waals surface area contributed by atoms with E-state index in [0.29, 0.717) is 30.0 Å². The van der Waals surface area contributed by atoms with E-state index in [4.69, 9.17) is 9.47 Å². The van der Waals surface area contributed by atoms with Crippen LogP contribution in [0.1, 0.15) is 11.1 Å². The Morgan fingerprint density at radius 2 is 1.92 bits per heavy atom. The van der Waals surface area contributed by atoms with Gasteiger partial charge in [0.2, 0.25) is 0 Å². The number of non-ortho nitro benzene ring substituents is 1. The zero-order valence-corrected chi connectivity index (χ0v) is 15.3. The molecule has 2 rings (SSSR count). The molecule has 2 aromatic carbocycles. The van der Waals surface area contributed by atoms with Crippen molar-refractivity contribution in [1.82, 2.24) is 0 Å². The van der Waals surface area contributed by atoms with Crippen molar-refractivity contribution in [3.63, 3.8) is 0 Å². The highest BCUT2D eigenvalue weighted by Gasteiger charge is 2.10. The number of aliphatic imine (C=N–C) groups is 1. The van der Waals surface area contributed by atoms with Crippen molar-refractivity contribution >= 4 is 27.8 Å². The van der Waals surface area contributed by atoms with Gasteiger partial charge in [-0.1, -0.05) is 15.9 Å². The van der Waals surface area contributed by atoms with E-state index in [-0.39, 0.29) is 11.4 Å². The molecule has 0 amide bonds. The molecule has 8 heteroatoms. The van der Waals surface area contributed by atoms with Gasteiger partial charge in [0.1, 0.15) is 5.75 Å². The highest BCUT2D eigenvalue weighted by atomic mass is 79.9. The normalized spacial score (nSPS) is 10.8. The molecule has 0 bridgehead atoms. The molecular weight excluding hydrogens is 392 g/mol. The number of methoxy groups -OCH3 is 2. The third-order valence-electron chi connectivity index (χ3n) is 3.52. The van der Waals surface area contributed by atoms with Crippen molar-refractivity contribution < 1.29 is 19.5 Å². The van der Waals surface area contributed by atoms with Gasteiger partial charge in [0, 0.05) is 34.9 Å². The van der Waals surface area contributed by atoms with E-state index in [9.17, 15) is 15.2 Å². The van der Waals surface area contributed by atoms with Crippen LogP contribution in [0.25, 0.3) is 0 Å². The largest absolute Gasteiger partial charge is 0.507 e. The molecule has 0 spiro atoms. The van der Waals surface area contributed by atoms with Gasteiger partial charge in [-0.25, -0.2) is 0 Å². The van der Waals surface area contributed by atoms with Gasteiger partial charge in [0.15, 0.2) is 11.5 Å². The Morgan fingerprint density at radius 3 is 2.56 bits per heavy atom. The van der Waals surface area contributed by atoms with E-state index in [0.717, 1.165) is 10.0 Å². The quantitative estimate of drug-likeness (QED) is 0.427. The first-order valence-electron chi connectivity index (χ1n) is 7.34. The Morgan fingerprint density at radius 1 is 1.24 bits per heavy atom. The Kier molecular flexibility index (Phi) is 6.35. The summed E-state index contributed by atoms with van der Waals surface area (Å²) >= 11 is 3.48. The minimum Gasteiger partial charge on any atom is -0.507 e. The number of phenols is 1. The second-order valence-electron chi connectivity index (χ2n) is 5.08. The van der Waals surface area contributed by atoms with Gasteiger partial charge in [-0.2, -0.15) is 0 Å². The van der Waals surface area contributed by atoms with Gasteiger partial charge in [-0.15, -0.1) is 0 Å². The zero-order chi connectivity index (χ0) is 18.4. The number of halogens is 1. The number of rotatable bonds is 7. The Hall–Kier alpha value is -2.61. The number of hydrogen-bond donors (Lipinski definition) is 1. The van der Waals surface area contributed by atoms with E-state index in [1.165, 1.54) is 24.4 Å². The van der Waals surface area contributed by atoms with E-state index in [1.54, 1.807) is 14.2 Å². The monoisotopic (exact) mass is 408 g/mol. The maximum absolute atomic E-state index is 10.8. The number of benzene rings is 2. The summed E-state index contributed by atoms with van der Waals surface area (Å²) < 4.78 is 11.4. The van der Waals surface area contributed by atoms with Crippen LogP contribution in [-0.2, 0) is 6.42 Å². The van der Waals surface area contributed by atoms with Crippen LogP contribution in [0.15, 0.2) is 39.8 Å². The fraction of sp³-hybridized carbons (Fsp3) is 0.235. The molecule has 0 saturated heterocycles. The zero-order valence-electron chi connectivity index (χ0n) is 13.7. The van der Waals surface area contributed by atoms with Crippen LogP contribution in [0.4, 0.5) is 5.69 Å². The van der Waals surface area contributed by atoms with Gasteiger partial charge in [0.25, 0.3) is 5.69 Å². The average molecular weight is 409 g/mol. The molecule has 0 saturated carbocycles. The topological polar surface area (TPSA) is 94.2 Å². The molecule has 0 radical (unpaired) electrons. The number of aromatic hydroxyl groups is 1. The number of nitro benzene ring substituents is 1. The van der Waals surface area contributed by atoms with Crippen LogP contribution in [0.5, 0.6) is 17.2 Å². The van der Waals surface area contributed by atoms with E-state index in [1.807, 2.05) is 12.1 Å². The third kappa shape index (κ3) is 4.69. The van der Waals surface area contributed by atoms with Gasteiger partial charge >= 0.3 is 0 Å². The standard InChI is InChI=1S/C17H17BrN2O5/c1-24-16-8-11(14(18)9-17(16)25-2)5-6-19-10-12-7-13(20(22)23)3-4-15(12)21/h3-4,7-10,21H,5-6H2,1-2H3. The summed E-state index contributed by atoms with van der Waals surface area (Å²) in [5, 5.41) is 20.5. The summed E-state index contributed by atoms with van der Waals surface area (Å²) in [6, 6.07) is 7.50. The molecule has 0 atom stereocenters. The summed E-state index contributed by atoms with van der Waals surface area (Å²) in [6.45, 7) is 0.441. The molecule has 2 aromatic rings. The first kappa shape index (κ1) is 18.7. The number of hydrogen-bond acceptors (Lipinski definition) is 6. The van der Waals surface area contributed by atoms with Crippen LogP contribution in [0.2, 0.25) is 0 Å². The van der Waals surface area contributed by atoms with Crippen molar-refractivity contribution in [1.29, 1.82) is 0 Å². The van der Waals surface area contributed by atoms with E-state index >= 15 is 0 Å². The lowest BCUT2D eigenvalue weighted by Gasteiger charge is -2.11. The second kappa shape index (κ2) is 8.48. The van der Waals surface area contributed by atoms with Gasteiger partial charge in [-0.05, 0) is 30.2 Å². The summed E-state index contributed by atoms with van der Waals surface area (Å²) in [7, 11) is 3.14. The lowest BCUT2D eigenvalue weighted by Crippen LogP contribution is -1.97. The minimum atomic E-state index is -0.516. The smallest absolute Gasteiger partial charge is 0.270 e. The summed E-state index contributed by atoms with van der Waals surface area (Å²) in [4.78, 5) is 14.5. The summed E-state index contributed by atoms with van der Waals surface area (Å²) in [5.74, 6) is 1.20. The Labute approximate surface area is 153 Å². The predicted molar refractivity (Wildman–Crippen MR) is 98.2 cm³/mol.